The van der Waals surface area contributed by atoms with E-state index in [1.165, 1.54) is 11.6 Å². The fourth-order valence-corrected chi connectivity index (χ4v) is 2.81. The molecule has 1 aliphatic rings. The zero-order chi connectivity index (χ0) is 13.9. The Kier molecular flexibility index (Phi) is 3.50. The van der Waals surface area contributed by atoms with Gasteiger partial charge in [-0.1, -0.05) is 36.4 Å². The number of hydrogen-bond donors (Lipinski definition) is 1. The summed E-state index contributed by atoms with van der Waals surface area (Å²) in [5.41, 5.74) is 2.56. The molecule has 0 aliphatic heterocycles. The number of anilines is 1. The van der Waals surface area contributed by atoms with Gasteiger partial charge in [0.05, 0.1) is 11.6 Å². The lowest BCUT2D eigenvalue weighted by Gasteiger charge is -2.24. The Bertz CT molecular complexity index is 638. The minimum absolute atomic E-state index is 0.123. The van der Waals surface area contributed by atoms with Gasteiger partial charge in [-0.3, -0.25) is 4.79 Å². The van der Waals surface area contributed by atoms with Crippen LogP contribution in [0.15, 0.2) is 48.5 Å². The molecule has 2 aromatic rings. The van der Waals surface area contributed by atoms with Gasteiger partial charge < -0.3 is 5.32 Å². The maximum atomic E-state index is 13.6. The van der Waals surface area contributed by atoms with Crippen LogP contribution in [-0.2, 0) is 11.2 Å². The van der Waals surface area contributed by atoms with Gasteiger partial charge in [-0.2, -0.15) is 0 Å². The number of amides is 1. The van der Waals surface area contributed by atoms with Gasteiger partial charge in [0.25, 0.3) is 0 Å². The zero-order valence-corrected chi connectivity index (χ0v) is 11.1. The third-order valence-electron chi connectivity index (χ3n) is 3.82. The van der Waals surface area contributed by atoms with E-state index >= 15 is 0 Å². The summed E-state index contributed by atoms with van der Waals surface area (Å²) in [5, 5.41) is 2.71. The number of carbonyl (C=O) groups excluding carboxylic acids is 1. The summed E-state index contributed by atoms with van der Waals surface area (Å²) < 4.78 is 13.6. The second kappa shape index (κ2) is 5.45. The van der Waals surface area contributed by atoms with E-state index in [0.717, 1.165) is 24.8 Å². The van der Waals surface area contributed by atoms with Crippen LogP contribution in [0.25, 0.3) is 0 Å². The predicted octanol–water partition coefficient (Wildman–Crippen LogP) is 3.88. The highest BCUT2D eigenvalue weighted by molar-refractivity contribution is 5.96. The van der Waals surface area contributed by atoms with E-state index in [9.17, 15) is 9.18 Å². The molecule has 0 radical (unpaired) electrons. The molecule has 0 heterocycles. The van der Waals surface area contributed by atoms with Crippen LogP contribution < -0.4 is 5.32 Å². The Labute approximate surface area is 117 Å². The Morgan fingerprint density at radius 2 is 1.85 bits per heavy atom. The maximum absolute atomic E-state index is 13.6. The van der Waals surface area contributed by atoms with Crippen LogP contribution in [0.4, 0.5) is 10.1 Å². The van der Waals surface area contributed by atoms with E-state index in [1.54, 1.807) is 18.2 Å². The van der Waals surface area contributed by atoms with E-state index in [-0.39, 0.29) is 17.5 Å². The fraction of sp³-hybridized carbons (Fsp3) is 0.235. The van der Waals surface area contributed by atoms with Crippen molar-refractivity contribution in [1.29, 1.82) is 0 Å². The molecule has 0 saturated heterocycles. The average molecular weight is 269 g/mol. The first-order valence-electron chi connectivity index (χ1n) is 6.89. The maximum Gasteiger partial charge on any atom is 0.232 e. The number of para-hydroxylation sites is 1. The molecule has 1 atom stereocenters. The standard InChI is InChI=1S/C17H16FNO/c18-15-10-3-4-11-16(15)19-17(20)14-9-5-7-12-6-1-2-8-13(12)14/h1-4,6,8,10-11,14H,5,7,9H2,(H,19,20)/t14-/m0/s1. The van der Waals surface area contributed by atoms with E-state index < -0.39 is 5.82 Å². The highest BCUT2D eigenvalue weighted by atomic mass is 19.1. The van der Waals surface area contributed by atoms with Gasteiger partial charge in [-0.05, 0) is 42.5 Å². The first kappa shape index (κ1) is 12.9. The number of carbonyl (C=O) groups is 1. The Hall–Kier alpha value is -2.16. The number of hydrogen-bond acceptors (Lipinski definition) is 1. The molecule has 20 heavy (non-hydrogen) atoms. The predicted molar refractivity (Wildman–Crippen MR) is 77.2 cm³/mol. The smallest absolute Gasteiger partial charge is 0.232 e. The normalized spacial score (nSPS) is 17.4. The Balaban J connectivity index is 1.84. The minimum atomic E-state index is -0.398. The number of benzene rings is 2. The third kappa shape index (κ3) is 2.44. The minimum Gasteiger partial charge on any atom is -0.323 e. The molecule has 0 saturated carbocycles. The summed E-state index contributed by atoms with van der Waals surface area (Å²) in [6.45, 7) is 0. The summed E-state index contributed by atoms with van der Waals surface area (Å²) in [5.74, 6) is -0.702. The van der Waals surface area contributed by atoms with Crippen LogP contribution in [0.1, 0.15) is 29.9 Å². The van der Waals surface area contributed by atoms with Crippen molar-refractivity contribution in [2.24, 2.45) is 0 Å². The molecule has 1 amide bonds. The first-order chi connectivity index (χ1) is 9.75. The lowest BCUT2D eigenvalue weighted by molar-refractivity contribution is -0.117. The van der Waals surface area contributed by atoms with Gasteiger partial charge in [0.2, 0.25) is 5.91 Å². The van der Waals surface area contributed by atoms with Crippen LogP contribution in [0.3, 0.4) is 0 Å². The molecular weight excluding hydrogens is 253 g/mol. The van der Waals surface area contributed by atoms with Crippen molar-refractivity contribution in [2.45, 2.75) is 25.2 Å². The molecule has 102 valence electrons. The van der Waals surface area contributed by atoms with Crippen molar-refractivity contribution in [2.75, 3.05) is 5.32 Å². The Morgan fingerprint density at radius 3 is 2.70 bits per heavy atom. The van der Waals surface area contributed by atoms with Crippen LogP contribution >= 0.6 is 0 Å². The number of nitrogens with one attached hydrogen (secondary N) is 1. The van der Waals surface area contributed by atoms with Crippen LogP contribution in [0, 0.1) is 5.82 Å². The van der Waals surface area contributed by atoms with Crippen molar-refractivity contribution in [1.82, 2.24) is 0 Å². The summed E-state index contributed by atoms with van der Waals surface area (Å²) in [4.78, 5) is 12.4. The highest BCUT2D eigenvalue weighted by Gasteiger charge is 2.26. The SMILES string of the molecule is O=C(Nc1ccccc1F)[C@H]1CCCc2ccccc21. The summed E-state index contributed by atoms with van der Waals surface area (Å²) in [6.07, 6.45) is 2.82. The summed E-state index contributed by atoms with van der Waals surface area (Å²) in [6, 6.07) is 14.3. The van der Waals surface area contributed by atoms with Crippen LogP contribution in [-0.4, -0.2) is 5.91 Å². The van der Waals surface area contributed by atoms with E-state index in [0.29, 0.717) is 0 Å². The number of halogens is 1. The van der Waals surface area contributed by atoms with Gasteiger partial charge >= 0.3 is 0 Å². The first-order valence-corrected chi connectivity index (χ1v) is 6.89. The molecule has 0 unspecified atom stereocenters. The molecule has 2 nitrogen and oxygen atoms in total. The summed E-state index contributed by atoms with van der Waals surface area (Å²) >= 11 is 0. The van der Waals surface area contributed by atoms with Crippen molar-refractivity contribution < 1.29 is 9.18 Å². The Morgan fingerprint density at radius 1 is 1.10 bits per heavy atom. The van der Waals surface area contributed by atoms with Crippen molar-refractivity contribution in [3.63, 3.8) is 0 Å². The van der Waals surface area contributed by atoms with E-state index in [1.807, 2.05) is 18.2 Å². The molecule has 0 spiro atoms. The second-order valence-electron chi connectivity index (χ2n) is 5.11. The number of rotatable bonds is 2. The van der Waals surface area contributed by atoms with Crippen molar-refractivity contribution >= 4 is 11.6 Å². The summed E-state index contributed by atoms with van der Waals surface area (Å²) in [7, 11) is 0. The highest BCUT2D eigenvalue weighted by Crippen LogP contribution is 2.32. The average Bonchev–Trinajstić information content (AvgIpc) is 2.49. The lowest BCUT2D eigenvalue weighted by atomic mass is 9.82. The molecule has 0 aromatic heterocycles. The number of aryl methyl sites for hydroxylation is 1. The molecule has 3 heteroatoms. The zero-order valence-electron chi connectivity index (χ0n) is 11.1. The molecular formula is C17H16FNO. The monoisotopic (exact) mass is 269 g/mol. The molecule has 3 rings (SSSR count). The second-order valence-corrected chi connectivity index (χ2v) is 5.11. The van der Waals surface area contributed by atoms with Gasteiger partial charge in [-0.25, -0.2) is 4.39 Å². The molecule has 1 N–H and O–H groups in total. The van der Waals surface area contributed by atoms with Gasteiger partial charge in [0.1, 0.15) is 5.82 Å². The number of fused-ring (bicyclic) bond motifs is 1. The molecule has 1 aliphatic carbocycles. The van der Waals surface area contributed by atoms with Gasteiger partial charge in [0.15, 0.2) is 0 Å². The van der Waals surface area contributed by atoms with E-state index in [2.05, 4.69) is 11.4 Å². The lowest BCUT2D eigenvalue weighted by Crippen LogP contribution is -2.25. The van der Waals surface area contributed by atoms with E-state index in [4.69, 9.17) is 0 Å². The van der Waals surface area contributed by atoms with Crippen LogP contribution in [0.2, 0.25) is 0 Å². The molecule has 2 aromatic carbocycles. The largest absolute Gasteiger partial charge is 0.323 e. The third-order valence-corrected chi connectivity index (χ3v) is 3.82. The van der Waals surface area contributed by atoms with Crippen LogP contribution in [0.5, 0.6) is 0 Å². The van der Waals surface area contributed by atoms with Crippen molar-refractivity contribution in [3.8, 4) is 0 Å². The van der Waals surface area contributed by atoms with Gasteiger partial charge in [-0.15, -0.1) is 0 Å². The topological polar surface area (TPSA) is 29.1 Å². The van der Waals surface area contributed by atoms with Gasteiger partial charge in [0, 0.05) is 0 Å². The fourth-order valence-electron chi connectivity index (χ4n) is 2.81. The van der Waals surface area contributed by atoms with Crippen molar-refractivity contribution in [3.05, 3.63) is 65.5 Å². The molecule has 0 bridgehead atoms. The molecule has 0 fully saturated rings. The quantitative estimate of drug-likeness (QED) is 0.880.